The molecule has 0 unspecified atom stereocenters. The van der Waals surface area contributed by atoms with Gasteiger partial charge in [-0.15, -0.1) is 0 Å². The second-order valence-electron chi connectivity index (χ2n) is 2.71. The molecule has 0 atom stereocenters. The van der Waals surface area contributed by atoms with E-state index >= 15 is 0 Å². The summed E-state index contributed by atoms with van der Waals surface area (Å²) < 4.78 is 13.9. The molecule has 0 amide bonds. The molecule has 0 saturated carbocycles. The standard InChI is InChI=1S/C10H6BrFN2/c11-10-6-13-5-9(14-10)7-3-1-2-4-8(7)12/h1-6H. The SMILES string of the molecule is Fc1ccccc1-c1cncc(Br)n1. The normalized spacial score (nSPS) is 10.1. The van der Waals surface area contributed by atoms with E-state index in [2.05, 4.69) is 25.9 Å². The Balaban J connectivity index is 2.55. The number of hydrogen-bond acceptors (Lipinski definition) is 2. The smallest absolute Gasteiger partial charge is 0.132 e. The van der Waals surface area contributed by atoms with Gasteiger partial charge < -0.3 is 0 Å². The number of aromatic nitrogens is 2. The predicted octanol–water partition coefficient (Wildman–Crippen LogP) is 3.05. The summed E-state index contributed by atoms with van der Waals surface area (Å²) in [6, 6.07) is 6.48. The van der Waals surface area contributed by atoms with Gasteiger partial charge in [0.05, 0.1) is 18.1 Å². The van der Waals surface area contributed by atoms with Crippen molar-refractivity contribution in [3.8, 4) is 11.3 Å². The van der Waals surface area contributed by atoms with Crippen LogP contribution in [0.5, 0.6) is 0 Å². The lowest BCUT2D eigenvalue weighted by molar-refractivity contribution is 0.630. The minimum atomic E-state index is -0.292. The molecule has 0 aliphatic heterocycles. The number of benzene rings is 1. The van der Waals surface area contributed by atoms with Gasteiger partial charge in [0.1, 0.15) is 10.4 Å². The molecule has 0 radical (unpaired) electrons. The first-order valence-corrected chi connectivity index (χ1v) is 4.79. The Bertz CT molecular complexity index is 459. The highest BCUT2D eigenvalue weighted by Crippen LogP contribution is 2.20. The fraction of sp³-hybridized carbons (Fsp3) is 0. The molecule has 0 aliphatic carbocycles. The topological polar surface area (TPSA) is 25.8 Å². The molecule has 70 valence electrons. The van der Waals surface area contributed by atoms with Crippen LogP contribution in [-0.2, 0) is 0 Å². The van der Waals surface area contributed by atoms with Gasteiger partial charge in [0.2, 0.25) is 0 Å². The Labute approximate surface area is 89.0 Å². The van der Waals surface area contributed by atoms with E-state index in [0.29, 0.717) is 15.9 Å². The Morgan fingerprint density at radius 3 is 2.64 bits per heavy atom. The summed E-state index contributed by atoms with van der Waals surface area (Å²) in [5.41, 5.74) is 0.985. The third-order valence-corrected chi connectivity index (χ3v) is 2.14. The van der Waals surface area contributed by atoms with Crippen LogP contribution < -0.4 is 0 Å². The number of nitrogens with zero attached hydrogens (tertiary/aromatic N) is 2. The van der Waals surface area contributed by atoms with Gasteiger partial charge in [0.25, 0.3) is 0 Å². The maximum Gasteiger partial charge on any atom is 0.132 e. The molecule has 2 rings (SSSR count). The van der Waals surface area contributed by atoms with Gasteiger partial charge >= 0.3 is 0 Å². The molecule has 1 aromatic carbocycles. The van der Waals surface area contributed by atoms with Crippen LogP contribution in [-0.4, -0.2) is 9.97 Å². The molecular weight excluding hydrogens is 247 g/mol. The first kappa shape index (κ1) is 9.27. The lowest BCUT2D eigenvalue weighted by atomic mass is 10.1. The average molecular weight is 253 g/mol. The number of rotatable bonds is 1. The summed E-state index contributed by atoms with van der Waals surface area (Å²) in [6.07, 6.45) is 3.09. The second kappa shape index (κ2) is 3.84. The van der Waals surface area contributed by atoms with Crippen LogP contribution in [0.2, 0.25) is 0 Å². The second-order valence-corrected chi connectivity index (χ2v) is 3.52. The van der Waals surface area contributed by atoms with Crippen molar-refractivity contribution < 1.29 is 4.39 Å². The van der Waals surface area contributed by atoms with Crippen molar-refractivity contribution in [2.45, 2.75) is 0 Å². The van der Waals surface area contributed by atoms with E-state index in [9.17, 15) is 4.39 Å². The molecule has 2 aromatic rings. The first-order chi connectivity index (χ1) is 6.77. The maximum atomic E-state index is 13.3. The highest BCUT2D eigenvalue weighted by molar-refractivity contribution is 9.10. The minimum absolute atomic E-state index is 0.292. The Morgan fingerprint density at radius 2 is 1.93 bits per heavy atom. The summed E-state index contributed by atoms with van der Waals surface area (Å²) in [5.74, 6) is -0.292. The molecule has 1 heterocycles. The average Bonchev–Trinajstić information content (AvgIpc) is 2.18. The third kappa shape index (κ3) is 1.80. The van der Waals surface area contributed by atoms with Gasteiger partial charge in [-0.2, -0.15) is 0 Å². The zero-order valence-electron chi connectivity index (χ0n) is 7.11. The van der Waals surface area contributed by atoms with Crippen molar-refractivity contribution in [1.29, 1.82) is 0 Å². The van der Waals surface area contributed by atoms with Crippen LogP contribution in [0, 0.1) is 5.82 Å². The summed E-state index contributed by atoms with van der Waals surface area (Å²) in [4.78, 5) is 8.04. The van der Waals surface area contributed by atoms with Crippen molar-refractivity contribution in [2.75, 3.05) is 0 Å². The zero-order chi connectivity index (χ0) is 9.97. The Kier molecular flexibility index (Phi) is 2.54. The van der Waals surface area contributed by atoms with Crippen LogP contribution in [0.1, 0.15) is 0 Å². The van der Waals surface area contributed by atoms with Gasteiger partial charge in [-0.3, -0.25) is 4.98 Å². The highest BCUT2D eigenvalue weighted by atomic mass is 79.9. The maximum absolute atomic E-state index is 13.3. The van der Waals surface area contributed by atoms with Crippen LogP contribution in [0.15, 0.2) is 41.3 Å². The summed E-state index contributed by atoms with van der Waals surface area (Å²) in [7, 11) is 0. The van der Waals surface area contributed by atoms with Crippen LogP contribution in [0.4, 0.5) is 4.39 Å². The van der Waals surface area contributed by atoms with Gasteiger partial charge in [-0.1, -0.05) is 12.1 Å². The first-order valence-electron chi connectivity index (χ1n) is 4.00. The Morgan fingerprint density at radius 1 is 1.14 bits per heavy atom. The van der Waals surface area contributed by atoms with Crippen molar-refractivity contribution in [3.05, 3.63) is 47.1 Å². The van der Waals surface area contributed by atoms with Gasteiger partial charge in [0, 0.05) is 5.56 Å². The summed E-state index contributed by atoms with van der Waals surface area (Å²) >= 11 is 3.19. The van der Waals surface area contributed by atoms with Crippen LogP contribution in [0.3, 0.4) is 0 Å². The lowest BCUT2D eigenvalue weighted by Crippen LogP contribution is -1.89. The Hall–Kier alpha value is -1.29. The fourth-order valence-electron chi connectivity index (χ4n) is 1.14. The van der Waals surface area contributed by atoms with Gasteiger partial charge in [-0.25, -0.2) is 9.37 Å². The van der Waals surface area contributed by atoms with E-state index in [0.717, 1.165) is 0 Å². The van der Waals surface area contributed by atoms with Crippen molar-refractivity contribution in [2.24, 2.45) is 0 Å². The summed E-state index contributed by atoms with van der Waals surface area (Å²) in [5, 5.41) is 0. The monoisotopic (exact) mass is 252 g/mol. The van der Waals surface area contributed by atoms with E-state index < -0.39 is 0 Å². The van der Waals surface area contributed by atoms with Gasteiger partial charge in [0.15, 0.2) is 0 Å². The third-order valence-electron chi connectivity index (χ3n) is 1.75. The van der Waals surface area contributed by atoms with Crippen molar-refractivity contribution in [1.82, 2.24) is 9.97 Å². The minimum Gasteiger partial charge on any atom is -0.260 e. The molecule has 1 aromatic heterocycles. The highest BCUT2D eigenvalue weighted by Gasteiger charge is 2.05. The predicted molar refractivity (Wildman–Crippen MR) is 55.1 cm³/mol. The number of halogens is 2. The van der Waals surface area contributed by atoms with E-state index in [1.807, 2.05) is 0 Å². The molecule has 14 heavy (non-hydrogen) atoms. The van der Waals surface area contributed by atoms with Crippen LogP contribution in [0.25, 0.3) is 11.3 Å². The van der Waals surface area contributed by atoms with E-state index in [1.54, 1.807) is 24.4 Å². The lowest BCUT2D eigenvalue weighted by Gasteiger charge is -2.01. The van der Waals surface area contributed by atoms with Gasteiger partial charge in [-0.05, 0) is 28.1 Å². The van der Waals surface area contributed by atoms with Crippen molar-refractivity contribution >= 4 is 15.9 Å². The molecule has 0 bridgehead atoms. The molecule has 0 N–H and O–H groups in total. The molecule has 0 spiro atoms. The van der Waals surface area contributed by atoms with Crippen molar-refractivity contribution in [3.63, 3.8) is 0 Å². The molecule has 4 heteroatoms. The molecule has 0 fully saturated rings. The molecular formula is C10H6BrFN2. The van der Waals surface area contributed by atoms with E-state index in [4.69, 9.17) is 0 Å². The molecule has 0 saturated heterocycles. The summed E-state index contributed by atoms with van der Waals surface area (Å²) in [6.45, 7) is 0. The quantitative estimate of drug-likeness (QED) is 0.780. The molecule has 2 nitrogen and oxygen atoms in total. The van der Waals surface area contributed by atoms with Crippen LogP contribution >= 0.6 is 15.9 Å². The molecule has 0 aliphatic rings. The fourth-order valence-corrected chi connectivity index (χ4v) is 1.45. The van der Waals surface area contributed by atoms with E-state index in [1.165, 1.54) is 12.3 Å². The number of hydrogen-bond donors (Lipinski definition) is 0. The zero-order valence-corrected chi connectivity index (χ0v) is 8.70. The van der Waals surface area contributed by atoms with E-state index in [-0.39, 0.29) is 5.82 Å². The largest absolute Gasteiger partial charge is 0.260 e.